The Morgan fingerprint density at radius 1 is 0.423 bits per heavy atom. The van der Waals surface area contributed by atoms with Crippen LogP contribution in [0.25, 0.3) is 0 Å². The highest BCUT2D eigenvalue weighted by molar-refractivity contribution is 5.85. The zero-order chi connectivity index (χ0) is 18.4. The van der Waals surface area contributed by atoms with Gasteiger partial charge >= 0.3 is 0 Å². The van der Waals surface area contributed by atoms with Crippen LogP contribution in [0, 0.1) is 5.92 Å². The molecule has 0 rings (SSSR count). The first kappa shape index (κ1) is 28.5. The van der Waals surface area contributed by atoms with Crippen LogP contribution >= 0.6 is 12.4 Å². The van der Waals surface area contributed by atoms with Gasteiger partial charge in [-0.25, -0.2) is 0 Å². The Kier molecular flexibility index (Phi) is 27.6. The zero-order valence-electron chi connectivity index (χ0n) is 18.4. The van der Waals surface area contributed by atoms with Crippen molar-refractivity contribution in [2.24, 2.45) is 11.7 Å². The summed E-state index contributed by atoms with van der Waals surface area (Å²) in [5.74, 6) is 0.895. The van der Waals surface area contributed by atoms with Gasteiger partial charge in [0.15, 0.2) is 0 Å². The molecule has 0 bridgehead atoms. The van der Waals surface area contributed by atoms with Gasteiger partial charge in [-0.15, -0.1) is 12.4 Å². The highest BCUT2D eigenvalue weighted by Crippen LogP contribution is 2.15. The topological polar surface area (TPSA) is 26.0 Å². The number of nitrogens with two attached hydrogens (primary N) is 1. The minimum Gasteiger partial charge on any atom is -0.330 e. The van der Waals surface area contributed by atoms with Gasteiger partial charge < -0.3 is 5.73 Å². The predicted octanol–water partition coefficient (Wildman–Crippen LogP) is 8.82. The van der Waals surface area contributed by atoms with Crippen molar-refractivity contribution in [1.29, 1.82) is 0 Å². The van der Waals surface area contributed by atoms with Crippen LogP contribution < -0.4 is 5.73 Å². The van der Waals surface area contributed by atoms with E-state index in [9.17, 15) is 0 Å². The van der Waals surface area contributed by atoms with Crippen molar-refractivity contribution in [2.75, 3.05) is 6.54 Å². The maximum absolute atomic E-state index is 5.51. The minimum atomic E-state index is 0. The lowest BCUT2D eigenvalue weighted by Gasteiger charge is -2.05. The van der Waals surface area contributed by atoms with Crippen LogP contribution in [0.2, 0.25) is 0 Å². The van der Waals surface area contributed by atoms with Crippen LogP contribution in [-0.4, -0.2) is 6.54 Å². The van der Waals surface area contributed by atoms with Crippen molar-refractivity contribution in [2.45, 2.75) is 142 Å². The Bertz CT molecular complexity index is 230. The van der Waals surface area contributed by atoms with E-state index >= 15 is 0 Å². The van der Waals surface area contributed by atoms with Crippen molar-refractivity contribution in [3.05, 3.63) is 0 Å². The van der Waals surface area contributed by atoms with Gasteiger partial charge in [-0.2, -0.15) is 0 Å². The molecule has 0 spiro atoms. The number of hydrogen-bond donors (Lipinski definition) is 1. The van der Waals surface area contributed by atoms with E-state index in [1.807, 2.05) is 0 Å². The maximum Gasteiger partial charge on any atom is -0.00773 e. The van der Waals surface area contributed by atoms with Gasteiger partial charge in [-0.3, -0.25) is 0 Å². The van der Waals surface area contributed by atoms with Crippen LogP contribution in [-0.2, 0) is 0 Å². The van der Waals surface area contributed by atoms with Crippen LogP contribution in [0.5, 0.6) is 0 Å². The average Bonchev–Trinajstić information content (AvgIpc) is 2.60. The summed E-state index contributed by atoms with van der Waals surface area (Å²) in [5.41, 5.74) is 5.51. The first-order chi connectivity index (χ1) is 12.3. The molecule has 1 nitrogen and oxygen atoms in total. The predicted molar refractivity (Wildman–Crippen MR) is 123 cm³/mol. The molecule has 0 aliphatic heterocycles. The molecular formula is C24H52ClN. The third-order valence-electron chi connectivity index (χ3n) is 5.49. The maximum atomic E-state index is 5.51. The summed E-state index contributed by atoms with van der Waals surface area (Å²) in [4.78, 5) is 0. The largest absolute Gasteiger partial charge is 0.330 e. The second-order valence-electron chi connectivity index (χ2n) is 8.69. The molecule has 0 saturated carbocycles. The lowest BCUT2D eigenvalue weighted by molar-refractivity contribution is 0.501. The zero-order valence-corrected chi connectivity index (χ0v) is 19.2. The lowest BCUT2D eigenvalue weighted by Crippen LogP contribution is -1.97. The molecule has 0 atom stereocenters. The summed E-state index contributed by atoms with van der Waals surface area (Å²) in [7, 11) is 0. The molecule has 0 unspecified atom stereocenters. The Morgan fingerprint density at radius 3 is 0.885 bits per heavy atom. The van der Waals surface area contributed by atoms with Crippen LogP contribution in [0.3, 0.4) is 0 Å². The quantitative estimate of drug-likeness (QED) is 0.195. The summed E-state index contributed by atoms with van der Waals surface area (Å²) in [6, 6.07) is 0. The van der Waals surface area contributed by atoms with Crippen molar-refractivity contribution < 1.29 is 0 Å². The molecule has 0 aromatic rings. The Labute approximate surface area is 173 Å². The van der Waals surface area contributed by atoms with E-state index in [0.717, 1.165) is 12.5 Å². The highest BCUT2D eigenvalue weighted by atomic mass is 35.5. The number of halogens is 1. The number of hydrogen-bond acceptors (Lipinski definition) is 1. The van der Waals surface area contributed by atoms with Gasteiger partial charge in [0, 0.05) is 0 Å². The smallest absolute Gasteiger partial charge is 0.00773 e. The summed E-state index contributed by atoms with van der Waals surface area (Å²) in [5, 5.41) is 0. The van der Waals surface area contributed by atoms with Gasteiger partial charge in [-0.1, -0.05) is 136 Å². The fraction of sp³-hybridized carbons (Fsp3) is 1.00. The van der Waals surface area contributed by atoms with E-state index in [0.29, 0.717) is 0 Å². The number of unbranched alkanes of at least 4 members (excludes halogenated alkanes) is 18. The Morgan fingerprint density at radius 2 is 0.654 bits per heavy atom. The second-order valence-corrected chi connectivity index (χ2v) is 8.69. The van der Waals surface area contributed by atoms with Gasteiger partial charge in [0.05, 0.1) is 0 Å². The normalized spacial score (nSPS) is 11.1. The van der Waals surface area contributed by atoms with E-state index in [-0.39, 0.29) is 12.4 Å². The molecule has 0 aromatic heterocycles. The lowest BCUT2D eigenvalue weighted by atomic mass is 10.0. The van der Waals surface area contributed by atoms with Crippen LogP contribution in [0.4, 0.5) is 0 Å². The molecule has 2 N–H and O–H groups in total. The SMILES string of the molecule is CC(C)CCCCCCCCCCCCCCCCCCCCCN.Cl. The minimum absolute atomic E-state index is 0. The van der Waals surface area contributed by atoms with Crippen LogP contribution in [0.1, 0.15) is 142 Å². The summed E-state index contributed by atoms with van der Waals surface area (Å²) >= 11 is 0. The van der Waals surface area contributed by atoms with Crippen molar-refractivity contribution >= 4 is 12.4 Å². The first-order valence-electron chi connectivity index (χ1n) is 12.0. The summed E-state index contributed by atoms with van der Waals surface area (Å²) in [6.45, 7) is 5.55. The molecule has 0 aliphatic carbocycles. The molecule has 26 heavy (non-hydrogen) atoms. The summed E-state index contributed by atoms with van der Waals surface area (Å²) < 4.78 is 0. The third-order valence-corrected chi connectivity index (χ3v) is 5.49. The van der Waals surface area contributed by atoms with Gasteiger partial charge in [-0.05, 0) is 18.9 Å². The van der Waals surface area contributed by atoms with Gasteiger partial charge in [0.2, 0.25) is 0 Å². The molecular weight excluding hydrogens is 338 g/mol. The monoisotopic (exact) mass is 389 g/mol. The van der Waals surface area contributed by atoms with Crippen molar-refractivity contribution in [1.82, 2.24) is 0 Å². The fourth-order valence-corrected chi connectivity index (χ4v) is 3.70. The van der Waals surface area contributed by atoms with E-state index in [1.54, 1.807) is 0 Å². The van der Waals surface area contributed by atoms with Crippen molar-refractivity contribution in [3.63, 3.8) is 0 Å². The Balaban J connectivity index is 0. The molecule has 0 aliphatic rings. The molecule has 0 aromatic carbocycles. The van der Waals surface area contributed by atoms with E-state index < -0.39 is 0 Å². The van der Waals surface area contributed by atoms with Crippen molar-refractivity contribution in [3.8, 4) is 0 Å². The summed E-state index contributed by atoms with van der Waals surface area (Å²) in [6.07, 6.45) is 28.9. The first-order valence-corrected chi connectivity index (χ1v) is 12.0. The standard InChI is InChI=1S/C24H51N.ClH/c1-24(2)22-20-18-16-14-12-10-8-6-4-3-5-7-9-11-13-15-17-19-21-23-25;/h24H,3-23,25H2,1-2H3;1H. The Hall–Kier alpha value is 0.250. The number of rotatable bonds is 21. The molecule has 0 heterocycles. The van der Waals surface area contributed by atoms with E-state index in [4.69, 9.17) is 5.73 Å². The molecule has 0 saturated heterocycles. The molecule has 0 fully saturated rings. The average molecular weight is 390 g/mol. The second kappa shape index (κ2) is 25.2. The van der Waals surface area contributed by atoms with E-state index in [2.05, 4.69) is 13.8 Å². The molecule has 2 heteroatoms. The molecule has 0 amide bonds. The van der Waals surface area contributed by atoms with Gasteiger partial charge in [0.1, 0.15) is 0 Å². The van der Waals surface area contributed by atoms with Crippen LogP contribution in [0.15, 0.2) is 0 Å². The van der Waals surface area contributed by atoms with E-state index in [1.165, 1.54) is 128 Å². The fourth-order valence-electron chi connectivity index (χ4n) is 3.70. The molecule has 160 valence electrons. The third kappa shape index (κ3) is 26.5. The van der Waals surface area contributed by atoms with Gasteiger partial charge in [0.25, 0.3) is 0 Å². The molecule has 0 radical (unpaired) electrons. The highest BCUT2D eigenvalue weighted by Gasteiger charge is 1.96.